The first-order valence-electron chi connectivity index (χ1n) is 13.5. The molecule has 6 rings (SSSR count). The topological polar surface area (TPSA) is 75.1 Å². The number of alkyl halides is 3. The third-order valence-corrected chi connectivity index (χ3v) is 7.50. The Bertz CT molecular complexity index is 1810. The van der Waals surface area contributed by atoms with E-state index in [2.05, 4.69) is 15.6 Å². The van der Waals surface area contributed by atoms with Crippen LogP contribution in [0.15, 0.2) is 71.7 Å². The summed E-state index contributed by atoms with van der Waals surface area (Å²) in [7, 11) is 0. The number of nitrogens with zero attached hydrogens (tertiary/aromatic N) is 4. The van der Waals surface area contributed by atoms with Gasteiger partial charge in [-0.3, -0.25) is 19.3 Å². The first-order valence-corrected chi connectivity index (χ1v) is 13.5. The molecule has 0 saturated carbocycles. The summed E-state index contributed by atoms with van der Waals surface area (Å²) in [5, 5.41) is 7.90. The van der Waals surface area contributed by atoms with Gasteiger partial charge in [-0.25, -0.2) is 0 Å². The van der Waals surface area contributed by atoms with E-state index in [1.807, 2.05) is 44.2 Å². The highest BCUT2D eigenvalue weighted by molar-refractivity contribution is 6.05. The van der Waals surface area contributed by atoms with Crippen molar-refractivity contribution >= 4 is 33.2 Å². The van der Waals surface area contributed by atoms with Crippen LogP contribution in [0.4, 0.5) is 24.5 Å². The van der Waals surface area contributed by atoms with E-state index in [-0.39, 0.29) is 11.4 Å². The number of pyridine rings is 3. The molecule has 5 aromatic rings. The average molecular weight is 559 g/mol. The summed E-state index contributed by atoms with van der Waals surface area (Å²) in [4.78, 5) is 24.2. The molecule has 0 aliphatic carbocycles. The maximum absolute atomic E-state index is 14.4. The Balaban J connectivity index is 1.51. The summed E-state index contributed by atoms with van der Waals surface area (Å²) in [6, 6.07) is 16.9. The second kappa shape index (κ2) is 10.5. The fourth-order valence-corrected chi connectivity index (χ4v) is 5.42. The number of hydrogen-bond donors (Lipinski definition) is 2. The smallest absolute Gasteiger partial charge is 0.380 e. The van der Waals surface area contributed by atoms with Crippen LogP contribution >= 0.6 is 0 Å². The maximum Gasteiger partial charge on any atom is 0.418 e. The largest absolute Gasteiger partial charge is 0.418 e. The van der Waals surface area contributed by atoms with E-state index in [1.54, 1.807) is 23.2 Å². The number of fused-ring (bicyclic) bond motifs is 3. The zero-order valence-corrected chi connectivity index (χ0v) is 22.7. The molecular formula is C31H29F3N6O. The second-order valence-electron chi connectivity index (χ2n) is 10.3. The lowest BCUT2D eigenvalue weighted by Crippen LogP contribution is -2.44. The summed E-state index contributed by atoms with van der Waals surface area (Å²) in [6.45, 7) is 6.41. The van der Waals surface area contributed by atoms with Crippen molar-refractivity contribution in [1.82, 2.24) is 19.9 Å². The predicted octanol–water partition coefficient (Wildman–Crippen LogP) is 5.59. The standard InChI is InChI=1S/C31H29F3N6O/c1-19-3-5-22(18-36-19)37-17-21-4-8-27-25(15-21)30-24(20(2)38-27)7-10-29(41)40(30)23-6-9-28(26(16-23)31(32,33)34)39-13-11-35-12-14-39/h3-10,15-16,18,35,37H,11-14,17H2,1-2H3. The maximum atomic E-state index is 14.4. The fraction of sp³-hybridized carbons (Fsp3) is 0.258. The summed E-state index contributed by atoms with van der Waals surface area (Å²) >= 11 is 0. The Hall–Kier alpha value is -4.44. The molecule has 210 valence electrons. The van der Waals surface area contributed by atoms with E-state index < -0.39 is 17.3 Å². The van der Waals surface area contributed by atoms with Crippen LogP contribution in [0, 0.1) is 13.8 Å². The minimum absolute atomic E-state index is 0.123. The van der Waals surface area contributed by atoms with Gasteiger partial charge in [-0.15, -0.1) is 0 Å². The SMILES string of the molecule is Cc1ccc(NCc2ccc3nc(C)c4ccc(=O)n(-c5ccc(N6CCNCC6)c(C(F)(F)F)c5)c4c3c2)cn1. The number of nitrogens with one attached hydrogen (secondary N) is 2. The molecule has 10 heteroatoms. The number of aromatic nitrogens is 3. The molecule has 0 amide bonds. The number of aryl methyl sites for hydroxylation is 2. The van der Waals surface area contributed by atoms with E-state index in [0.29, 0.717) is 60.2 Å². The lowest BCUT2D eigenvalue weighted by molar-refractivity contribution is -0.137. The minimum Gasteiger partial charge on any atom is -0.380 e. The molecule has 1 aliphatic rings. The van der Waals surface area contributed by atoms with Gasteiger partial charge in [-0.2, -0.15) is 13.2 Å². The van der Waals surface area contributed by atoms with Gasteiger partial charge >= 0.3 is 6.18 Å². The van der Waals surface area contributed by atoms with Crippen molar-refractivity contribution in [3.05, 3.63) is 99.7 Å². The molecular weight excluding hydrogens is 529 g/mol. The van der Waals surface area contributed by atoms with Crippen molar-refractivity contribution in [3.63, 3.8) is 0 Å². The van der Waals surface area contributed by atoms with Gasteiger partial charge in [-0.1, -0.05) is 6.07 Å². The minimum atomic E-state index is -4.59. The quantitative estimate of drug-likeness (QED) is 0.274. The lowest BCUT2D eigenvalue weighted by atomic mass is 10.0. The van der Waals surface area contributed by atoms with Crippen LogP contribution in [0.2, 0.25) is 0 Å². The van der Waals surface area contributed by atoms with Crippen molar-refractivity contribution in [1.29, 1.82) is 0 Å². The van der Waals surface area contributed by atoms with Crippen LogP contribution in [-0.4, -0.2) is 40.7 Å². The highest BCUT2D eigenvalue weighted by Crippen LogP contribution is 2.39. The molecule has 0 spiro atoms. The van der Waals surface area contributed by atoms with Crippen molar-refractivity contribution in [2.45, 2.75) is 26.6 Å². The molecule has 1 aliphatic heterocycles. The predicted molar refractivity (Wildman–Crippen MR) is 156 cm³/mol. The zero-order chi connectivity index (χ0) is 28.7. The fourth-order valence-electron chi connectivity index (χ4n) is 5.42. The number of piperazine rings is 1. The van der Waals surface area contributed by atoms with Crippen LogP contribution in [0.25, 0.3) is 27.5 Å². The highest BCUT2D eigenvalue weighted by atomic mass is 19.4. The first kappa shape index (κ1) is 26.8. The van der Waals surface area contributed by atoms with Crippen LogP contribution in [0.5, 0.6) is 0 Å². The van der Waals surface area contributed by atoms with Gasteiger partial charge in [0.1, 0.15) is 0 Å². The molecule has 1 fully saturated rings. The molecule has 2 N–H and O–H groups in total. The normalized spacial score (nSPS) is 14.1. The highest BCUT2D eigenvalue weighted by Gasteiger charge is 2.36. The molecule has 2 aromatic carbocycles. The number of benzene rings is 2. The summed E-state index contributed by atoms with van der Waals surface area (Å²) in [5.41, 5.74) is 3.69. The first-order chi connectivity index (χ1) is 19.7. The van der Waals surface area contributed by atoms with Gasteiger partial charge < -0.3 is 15.5 Å². The zero-order valence-electron chi connectivity index (χ0n) is 22.7. The van der Waals surface area contributed by atoms with E-state index >= 15 is 0 Å². The number of halogens is 3. The van der Waals surface area contributed by atoms with Gasteiger partial charge in [0.25, 0.3) is 5.56 Å². The lowest BCUT2D eigenvalue weighted by Gasteiger charge is -2.32. The summed E-state index contributed by atoms with van der Waals surface area (Å²) in [6.07, 6.45) is -2.83. The number of rotatable bonds is 5. The Morgan fingerprint density at radius 2 is 1.76 bits per heavy atom. The Labute approximate surface area is 234 Å². The van der Waals surface area contributed by atoms with E-state index in [9.17, 15) is 18.0 Å². The van der Waals surface area contributed by atoms with Gasteiger partial charge in [0.15, 0.2) is 0 Å². The Morgan fingerprint density at radius 3 is 2.49 bits per heavy atom. The van der Waals surface area contributed by atoms with E-state index in [1.165, 1.54) is 16.7 Å². The van der Waals surface area contributed by atoms with Gasteiger partial charge in [0.2, 0.25) is 0 Å². The monoisotopic (exact) mass is 558 g/mol. The average Bonchev–Trinajstić information content (AvgIpc) is 2.97. The van der Waals surface area contributed by atoms with Crippen molar-refractivity contribution in [2.75, 3.05) is 36.4 Å². The number of anilines is 2. The molecule has 7 nitrogen and oxygen atoms in total. The molecule has 0 unspecified atom stereocenters. The number of hydrogen-bond acceptors (Lipinski definition) is 6. The third-order valence-electron chi connectivity index (χ3n) is 7.50. The van der Waals surface area contributed by atoms with Crippen LogP contribution in [0.3, 0.4) is 0 Å². The van der Waals surface area contributed by atoms with Gasteiger partial charge in [0, 0.05) is 66.6 Å². The van der Waals surface area contributed by atoms with Crippen LogP contribution in [-0.2, 0) is 12.7 Å². The Kier molecular flexibility index (Phi) is 6.86. The van der Waals surface area contributed by atoms with Crippen LogP contribution in [0.1, 0.15) is 22.5 Å². The molecule has 3 aromatic heterocycles. The molecule has 41 heavy (non-hydrogen) atoms. The van der Waals surface area contributed by atoms with E-state index in [4.69, 9.17) is 4.98 Å². The second-order valence-corrected chi connectivity index (χ2v) is 10.3. The third kappa shape index (κ3) is 5.22. The Morgan fingerprint density at radius 1 is 0.951 bits per heavy atom. The van der Waals surface area contributed by atoms with Crippen molar-refractivity contribution < 1.29 is 13.2 Å². The molecule has 0 bridgehead atoms. The molecule has 4 heterocycles. The van der Waals surface area contributed by atoms with Crippen LogP contribution < -0.4 is 21.1 Å². The van der Waals surface area contributed by atoms with E-state index in [0.717, 1.165) is 23.0 Å². The van der Waals surface area contributed by atoms with Crippen molar-refractivity contribution in [3.8, 4) is 5.69 Å². The molecule has 1 saturated heterocycles. The van der Waals surface area contributed by atoms with Crippen molar-refractivity contribution in [2.24, 2.45) is 0 Å². The molecule has 0 atom stereocenters. The van der Waals surface area contributed by atoms with Gasteiger partial charge in [0.05, 0.1) is 34.2 Å². The molecule has 0 radical (unpaired) electrons. The van der Waals surface area contributed by atoms with Gasteiger partial charge in [-0.05, 0) is 67.9 Å². The summed E-state index contributed by atoms with van der Waals surface area (Å²) < 4.78 is 44.5. The summed E-state index contributed by atoms with van der Waals surface area (Å²) in [5.74, 6) is 0.